The molecular weight excluding hydrogens is 244 g/mol. The predicted octanol–water partition coefficient (Wildman–Crippen LogP) is 2.31. The van der Waals surface area contributed by atoms with Crippen LogP contribution in [0.1, 0.15) is 36.3 Å². The molecule has 0 bridgehead atoms. The molecule has 1 aromatic rings. The molecule has 5 heteroatoms. The Morgan fingerprint density at radius 2 is 2.21 bits per heavy atom. The van der Waals surface area contributed by atoms with E-state index in [1.807, 2.05) is 0 Å². The largest absolute Gasteiger partial charge is 0.478 e. The molecule has 1 aromatic heterocycles. The number of aryl methyl sites for hydroxylation is 1. The summed E-state index contributed by atoms with van der Waals surface area (Å²) in [6.07, 6.45) is 1.19. The highest BCUT2D eigenvalue weighted by atomic mass is 16.5. The number of anilines is 1. The summed E-state index contributed by atoms with van der Waals surface area (Å²) < 4.78 is 5.41. The number of carbonyl (C=O) groups is 1. The Morgan fingerprint density at radius 3 is 2.68 bits per heavy atom. The molecule has 1 aliphatic carbocycles. The first-order valence-corrected chi connectivity index (χ1v) is 6.36. The second-order valence-corrected chi connectivity index (χ2v) is 5.61. The molecule has 104 valence electrons. The van der Waals surface area contributed by atoms with Gasteiger partial charge in [0.2, 0.25) is 0 Å². The standard InChI is InChI=1S/C14H20N2O3/c1-8-9(13(17)18)5-6-12(15-8)16-10-7-11(19-4)14(10,2)3/h5-6,10-11H,7H2,1-4H3,(H,15,16)(H,17,18). The molecule has 19 heavy (non-hydrogen) atoms. The van der Waals surface area contributed by atoms with Crippen LogP contribution in [-0.2, 0) is 4.74 Å². The van der Waals surface area contributed by atoms with Crippen LogP contribution in [-0.4, -0.2) is 35.3 Å². The average molecular weight is 264 g/mol. The number of hydrogen-bond acceptors (Lipinski definition) is 4. The van der Waals surface area contributed by atoms with Gasteiger partial charge in [0, 0.05) is 18.6 Å². The van der Waals surface area contributed by atoms with Gasteiger partial charge in [-0.05, 0) is 25.5 Å². The van der Waals surface area contributed by atoms with E-state index < -0.39 is 5.97 Å². The Kier molecular flexibility index (Phi) is 3.49. The summed E-state index contributed by atoms with van der Waals surface area (Å²) in [6.45, 7) is 6.01. The summed E-state index contributed by atoms with van der Waals surface area (Å²) in [5.74, 6) is -0.227. The van der Waals surface area contributed by atoms with E-state index >= 15 is 0 Å². The van der Waals surface area contributed by atoms with E-state index in [4.69, 9.17) is 9.84 Å². The van der Waals surface area contributed by atoms with Crippen molar-refractivity contribution in [3.8, 4) is 0 Å². The van der Waals surface area contributed by atoms with Gasteiger partial charge in [0.25, 0.3) is 0 Å². The fraction of sp³-hybridized carbons (Fsp3) is 0.571. The van der Waals surface area contributed by atoms with Crippen LogP contribution in [0, 0.1) is 12.3 Å². The number of nitrogens with one attached hydrogen (secondary N) is 1. The molecule has 1 saturated carbocycles. The summed E-state index contributed by atoms with van der Waals surface area (Å²) in [5.41, 5.74) is 0.821. The van der Waals surface area contributed by atoms with E-state index in [2.05, 4.69) is 24.1 Å². The van der Waals surface area contributed by atoms with Crippen LogP contribution >= 0.6 is 0 Å². The van der Waals surface area contributed by atoms with Crippen LogP contribution in [0.2, 0.25) is 0 Å². The summed E-state index contributed by atoms with van der Waals surface area (Å²) in [4.78, 5) is 15.2. The van der Waals surface area contributed by atoms with Crippen molar-refractivity contribution in [1.82, 2.24) is 4.98 Å². The summed E-state index contributed by atoms with van der Waals surface area (Å²) in [6, 6.07) is 3.60. The third-order valence-electron chi connectivity index (χ3n) is 4.10. The number of hydrogen-bond donors (Lipinski definition) is 2. The molecule has 0 saturated heterocycles. The number of pyridine rings is 1. The fourth-order valence-electron chi connectivity index (χ4n) is 2.58. The van der Waals surface area contributed by atoms with Crippen molar-refractivity contribution < 1.29 is 14.6 Å². The predicted molar refractivity (Wildman–Crippen MR) is 72.5 cm³/mol. The van der Waals surface area contributed by atoms with E-state index in [-0.39, 0.29) is 17.1 Å². The van der Waals surface area contributed by atoms with Crippen molar-refractivity contribution in [3.05, 3.63) is 23.4 Å². The lowest BCUT2D eigenvalue weighted by Gasteiger charge is -2.51. The highest BCUT2D eigenvalue weighted by Gasteiger charge is 2.48. The summed E-state index contributed by atoms with van der Waals surface area (Å²) in [7, 11) is 1.73. The minimum absolute atomic E-state index is 0.0514. The molecule has 2 rings (SSSR count). The van der Waals surface area contributed by atoms with Crippen molar-refractivity contribution in [2.45, 2.75) is 39.3 Å². The Bertz CT molecular complexity index is 499. The second-order valence-electron chi connectivity index (χ2n) is 5.61. The van der Waals surface area contributed by atoms with Crippen molar-refractivity contribution in [2.24, 2.45) is 5.41 Å². The zero-order chi connectivity index (χ0) is 14.2. The fourth-order valence-corrected chi connectivity index (χ4v) is 2.58. The zero-order valence-electron chi connectivity index (χ0n) is 11.7. The van der Waals surface area contributed by atoms with E-state index in [1.54, 1.807) is 26.2 Å². The molecule has 1 heterocycles. The van der Waals surface area contributed by atoms with Crippen LogP contribution < -0.4 is 5.32 Å². The molecule has 0 spiro atoms. The van der Waals surface area contributed by atoms with E-state index in [0.29, 0.717) is 11.7 Å². The summed E-state index contributed by atoms with van der Waals surface area (Å²) >= 11 is 0. The van der Waals surface area contributed by atoms with Crippen LogP contribution in [0.25, 0.3) is 0 Å². The number of methoxy groups -OCH3 is 1. The lowest BCUT2D eigenvalue weighted by Crippen LogP contribution is -2.57. The topological polar surface area (TPSA) is 71.5 Å². The van der Waals surface area contributed by atoms with Crippen molar-refractivity contribution >= 4 is 11.8 Å². The zero-order valence-corrected chi connectivity index (χ0v) is 11.7. The Labute approximate surface area is 113 Å². The maximum Gasteiger partial charge on any atom is 0.337 e. The summed E-state index contributed by atoms with van der Waals surface area (Å²) in [5, 5.41) is 12.3. The lowest BCUT2D eigenvalue weighted by molar-refractivity contribution is -0.0795. The van der Waals surface area contributed by atoms with Gasteiger partial charge in [0.1, 0.15) is 5.82 Å². The number of rotatable bonds is 4. The highest BCUT2D eigenvalue weighted by molar-refractivity contribution is 5.89. The molecular formula is C14H20N2O3. The number of ether oxygens (including phenoxy) is 1. The first kappa shape index (κ1) is 13.8. The van der Waals surface area contributed by atoms with Gasteiger partial charge in [0.05, 0.1) is 17.4 Å². The normalized spacial score (nSPS) is 24.6. The van der Waals surface area contributed by atoms with Crippen molar-refractivity contribution in [1.29, 1.82) is 0 Å². The van der Waals surface area contributed by atoms with Gasteiger partial charge < -0.3 is 15.2 Å². The molecule has 5 nitrogen and oxygen atoms in total. The molecule has 0 aliphatic heterocycles. The smallest absolute Gasteiger partial charge is 0.337 e. The number of carboxylic acids is 1. The third-order valence-corrected chi connectivity index (χ3v) is 4.10. The average Bonchev–Trinajstić information content (AvgIpc) is 2.33. The van der Waals surface area contributed by atoms with Gasteiger partial charge in [-0.2, -0.15) is 0 Å². The first-order valence-electron chi connectivity index (χ1n) is 6.36. The molecule has 1 aliphatic rings. The van der Waals surface area contributed by atoms with Gasteiger partial charge in [-0.15, -0.1) is 0 Å². The van der Waals surface area contributed by atoms with Crippen LogP contribution in [0.5, 0.6) is 0 Å². The molecule has 0 aromatic carbocycles. The Hall–Kier alpha value is -1.62. The van der Waals surface area contributed by atoms with Gasteiger partial charge in [-0.3, -0.25) is 0 Å². The van der Waals surface area contributed by atoms with E-state index in [0.717, 1.165) is 12.2 Å². The first-order chi connectivity index (χ1) is 8.86. The van der Waals surface area contributed by atoms with Crippen LogP contribution in [0.3, 0.4) is 0 Å². The molecule has 2 atom stereocenters. The maximum atomic E-state index is 10.9. The quantitative estimate of drug-likeness (QED) is 0.873. The highest BCUT2D eigenvalue weighted by Crippen LogP contribution is 2.43. The van der Waals surface area contributed by atoms with Crippen LogP contribution in [0.15, 0.2) is 12.1 Å². The van der Waals surface area contributed by atoms with E-state index in [1.165, 1.54) is 0 Å². The molecule has 0 amide bonds. The van der Waals surface area contributed by atoms with E-state index in [9.17, 15) is 4.79 Å². The minimum atomic E-state index is -0.944. The molecule has 2 unspecified atom stereocenters. The number of carboxylic acid groups (broad SMARTS) is 1. The number of aromatic carboxylic acids is 1. The maximum absolute atomic E-state index is 10.9. The van der Waals surface area contributed by atoms with Crippen molar-refractivity contribution in [2.75, 3.05) is 12.4 Å². The van der Waals surface area contributed by atoms with Crippen molar-refractivity contribution in [3.63, 3.8) is 0 Å². The third kappa shape index (κ3) is 2.42. The van der Waals surface area contributed by atoms with Crippen LogP contribution in [0.4, 0.5) is 5.82 Å². The second kappa shape index (κ2) is 4.81. The Balaban J connectivity index is 2.09. The van der Waals surface area contributed by atoms with Gasteiger partial charge in [-0.1, -0.05) is 13.8 Å². The number of nitrogens with zero attached hydrogens (tertiary/aromatic N) is 1. The monoisotopic (exact) mass is 264 g/mol. The lowest BCUT2D eigenvalue weighted by atomic mass is 9.64. The molecule has 1 fully saturated rings. The number of aromatic nitrogens is 1. The molecule has 0 radical (unpaired) electrons. The van der Waals surface area contributed by atoms with Gasteiger partial charge in [-0.25, -0.2) is 9.78 Å². The SMILES string of the molecule is COC1CC(Nc2ccc(C(=O)O)c(C)n2)C1(C)C. The van der Waals surface area contributed by atoms with Gasteiger partial charge >= 0.3 is 5.97 Å². The minimum Gasteiger partial charge on any atom is -0.478 e. The van der Waals surface area contributed by atoms with Gasteiger partial charge in [0.15, 0.2) is 0 Å². The molecule has 2 N–H and O–H groups in total. The Morgan fingerprint density at radius 1 is 1.53 bits per heavy atom.